The molecule has 1 aromatic rings. The number of nitrogens with two attached hydrogens (primary N) is 1. The van der Waals surface area contributed by atoms with Gasteiger partial charge < -0.3 is 4.74 Å². The summed E-state index contributed by atoms with van der Waals surface area (Å²) in [7, 11) is 1.65. The minimum Gasteiger partial charge on any atom is -0.383 e. The smallest absolute Gasteiger partial charge is 0.138 e. The number of rotatable bonds is 7. The van der Waals surface area contributed by atoms with Crippen molar-refractivity contribution in [3.8, 4) is 0 Å². The minimum atomic E-state index is 0.0785. The van der Waals surface area contributed by atoms with Gasteiger partial charge in [0.15, 0.2) is 0 Å². The summed E-state index contributed by atoms with van der Waals surface area (Å²) in [4.78, 5) is 4.21. The molecule has 15 heavy (non-hydrogen) atoms. The summed E-state index contributed by atoms with van der Waals surface area (Å²) in [5.41, 5.74) is 2.70. The van der Waals surface area contributed by atoms with Crippen LogP contribution in [0.1, 0.15) is 19.2 Å². The molecule has 6 heteroatoms. The molecule has 0 fully saturated rings. The number of hydrogen-bond acceptors (Lipinski definition) is 5. The number of methoxy groups -OCH3 is 1. The number of hydrazine groups is 1. The lowest BCUT2D eigenvalue weighted by atomic mass is 10.2. The molecule has 6 nitrogen and oxygen atoms in total. The quantitative estimate of drug-likeness (QED) is 0.480. The molecule has 1 atom stereocenters. The average Bonchev–Trinajstić information content (AvgIpc) is 2.66. The molecule has 0 saturated heterocycles. The maximum Gasteiger partial charge on any atom is 0.138 e. The monoisotopic (exact) mass is 213 g/mol. The van der Waals surface area contributed by atoms with E-state index in [1.165, 1.54) is 0 Å². The standard InChI is InChI=1S/C9H19N5O/c1-3-4-14-9(11-7-12-14)5-8(13-10)6-15-2/h7-8,13H,3-6,10H2,1-2H3. The van der Waals surface area contributed by atoms with Crippen molar-refractivity contribution in [2.75, 3.05) is 13.7 Å². The minimum absolute atomic E-state index is 0.0785. The number of ether oxygens (including phenoxy) is 1. The summed E-state index contributed by atoms with van der Waals surface area (Å²) < 4.78 is 6.95. The molecule has 1 aromatic heterocycles. The van der Waals surface area contributed by atoms with Crippen molar-refractivity contribution >= 4 is 0 Å². The highest BCUT2D eigenvalue weighted by atomic mass is 16.5. The lowest BCUT2D eigenvalue weighted by Gasteiger charge is -2.14. The van der Waals surface area contributed by atoms with Crippen LogP contribution in [-0.4, -0.2) is 34.5 Å². The Hall–Kier alpha value is -0.980. The molecule has 3 N–H and O–H groups in total. The van der Waals surface area contributed by atoms with Crippen molar-refractivity contribution in [2.24, 2.45) is 5.84 Å². The Balaban J connectivity index is 2.57. The van der Waals surface area contributed by atoms with Gasteiger partial charge in [-0.05, 0) is 6.42 Å². The summed E-state index contributed by atoms with van der Waals surface area (Å²) in [6.07, 6.45) is 3.34. The van der Waals surface area contributed by atoms with Gasteiger partial charge in [0, 0.05) is 20.1 Å². The van der Waals surface area contributed by atoms with Gasteiger partial charge in [0.2, 0.25) is 0 Å². The van der Waals surface area contributed by atoms with Crippen LogP contribution in [0.3, 0.4) is 0 Å². The molecule has 0 aromatic carbocycles. The third-order valence-electron chi connectivity index (χ3n) is 2.16. The van der Waals surface area contributed by atoms with E-state index in [1.807, 2.05) is 4.68 Å². The Bertz CT molecular complexity index is 275. The van der Waals surface area contributed by atoms with Crippen LogP contribution in [0.4, 0.5) is 0 Å². The Morgan fingerprint density at radius 2 is 2.47 bits per heavy atom. The highest BCUT2D eigenvalue weighted by Crippen LogP contribution is 2.00. The van der Waals surface area contributed by atoms with E-state index in [4.69, 9.17) is 10.6 Å². The Labute approximate surface area is 89.8 Å². The Morgan fingerprint density at radius 1 is 1.67 bits per heavy atom. The number of nitrogens with zero attached hydrogens (tertiary/aromatic N) is 3. The van der Waals surface area contributed by atoms with Gasteiger partial charge >= 0.3 is 0 Å². The fourth-order valence-corrected chi connectivity index (χ4v) is 1.43. The van der Waals surface area contributed by atoms with Crippen LogP contribution in [0.15, 0.2) is 6.33 Å². The summed E-state index contributed by atoms with van der Waals surface area (Å²) in [6.45, 7) is 3.56. The first kappa shape index (κ1) is 12.1. The van der Waals surface area contributed by atoms with Crippen molar-refractivity contribution in [1.29, 1.82) is 0 Å². The summed E-state index contributed by atoms with van der Waals surface area (Å²) >= 11 is 0. The fraction of sp³-hybridized carbons (Fsp3) is 0.778. The van der Waals surface area contributed by atoms with Crippen LogP contribution >= 0.6 is 0 Å². The third kappa shape index (κ3) is 3.58. The molecule has 1 heterocycles. The highest BCUT2D eigenvalue weighted by Gasteiger charge is 2.11. The number of aromatic nitrogens is 3. The lowest BCUT2D eigenvalue weighted by Crippen LogP contribution is -2.40. The maximum absolute atomic E-state index is 5.41. The Morgan fingerprint density at radius 3 is 3.07 bits per heavy atom. The van der Waals surface area contributed by atoms with Gasteiger partial charge in [0.05, 0.1) is 12.6 Å². The fourth-order valence-electron chi connectivity index (χ4n) is 1.43. The summed E-state index contributed by atoms with van der Waals surface area (Å²) in [6, 6.07) is 0.0785. The van der Waals surface area contributed by atoms with Crippen LogP contribution < -0.4 is 11.3 Å². The molecule has 0 amide bonds. The molecule has 0 radical (unpaired) electrons. The first-order chi connectivity index (χ1) is 7.31. The van der Waals surface area contributed by atoms with Gasteiger partial charge in [0.25, 0.3) is 0 Å². The summed E-state index contributed by atoms with van der Waals surface area (Å²) in [5.74, 6) is 6.35. The van der Waals surface area contributed by atoms with Gasteiger partial charge in [-0.3, -0.25) is 16.0 Å². The van der Waals surface area contributed by atoms with Gasteiger partial charge in [-0.2, -0.15) is 5.10 Å². The SMILES string of the molecule is CCCn1ncnc1CC(COC)NN. The topological polar surface area (TPSA) is 78.0 Å². The average molecular weight is 213 g/mol. The van der Waals surface area contributed by atoms with E-state index in [-0.39, 0.29) is 6.04 Å². The number of nitrogens with one attached hydrogen (secondary N) is 1. The molecule has 0 saturated carbocycles. The van der Waals surface area contributed by atoms with E-state index in [0.29, 0.717) is 6.61 Å². The second-order valence-electron chi connectivity index (χ2n) is 3.42. The zero-order chi connectivity index (χ0) is 11.1. The third-order valence-corrected chi connectivity index (χ3v) is 2.16. The van der Waals surface area contributed by atoms with Gasteiger partial charge in [-0.1, -0.05) is 6.92 Å². The second kappa shape index (κ2) is 6.49. The van der Waals surface area contributed by atoms with Crippen molar-refractivity contribution in [3.63, 3.8) is 0 Å². The molecule has 1 unspecified atom stereocenters. The number of hydrogen-bond donors (Lipinski definition) is 2. The van der Waals surface area contributed by atoms with Crippen LogP contribution in [0, 0.1) is 0 Å². The zero-order valence-corrected chi connectivity index (χ0v) is 9.31. The van der Waals surface area contributed by atoms with Gasteiger partial charge in [0.1, 0.15) is 12.2 Å². The van der Waals surface area contributed by atoms with E-state index in [0.717, 1.165) is 25.2 Å². The molecule has 0 bridgehead atoms. The molecular weight excluding hydrogens is 194 g/mol. The second-order valence-corrected chi connectivity index (χ2v) is 3.42. The van der Waals surface area contributed by atoms with E-state index in [9.17, 15) is 0 Å². The predicted octanol–water partition coefficient (Wildman–Crippen LogP) is -0.291. The van der Waals surface area contributed by atoms with Crippen molar-refractivity contribution in [2.45, 2.75) is 32.4 Å². The maximum atomic E-state index is 5.41. The first-order valence-electron chi connectivity index (χ1n) is 5.13. The lowest BCUT2D eigenvalue weighted by molar-refractivity contribution is 0.165. The van der Waals surface area contributed by atoms with Crippen LogP contribution in [-0.2, 0) is 17.7 Å². The molecule has 0 aliphatic carbocycles. The molecular formula is C9H19N5O. The van der Waals surface area contributed by atoms with E-state index >= 15 is 0 Å². The van der Waals surface area contributed by atoms with E-state index < -0.39 is 0 Å². The molecule has 0 aliphatic rings. The van der Waals surface area contributed by atoms with E-state index in [2.05, 4.69) is 22.4 Å². The molecule has 0 spiro atoms. The largest absolute Gasteiger partial charge is 0.383 e. The van der Waals surface area contributed by atoms with Gasteiger partial charge in [-0.25, -0.2) is 4.98 Å². The van der Waals surface area contributed by atoms with Crippen molar-refractivity contribution < 1.29 is 4.74 Å². The normalized spacial score (nSPS) is 13.0. The van der Waals surface area contributed by atoms with Crippen molar-refractivity contribution in [1.82, 2.24) is 20.2 Å². The van der Waals surface area contributed by atoms with Crippen LogP contribution in [0.5, 0.6) is 0 Å². The molecule has 86 valence electrons. The van der Waals surface area contributed by atoms with Crippen LogP contribution in [0.2, 0.25) is 0 Å². The summed E-state index contributed by atoms with van der Waals surface area (Å²) in [5, 5.41) is 4.15. The molecule has 1 rings (SSSR count). The number of aryl methyl sites for hydroxylation is 1. The zero-order valence-electron chi connectivity index (χ0n) is 9.31. The van der Waals surface area contributed by atoms with Crippen LogP contribution in [0.25, 0.3) is 0 Å². The van der Waals surface area contributed by atoms with E-state index in [1.54, 1.807) is 13.4 Å². The van der Waals surface area contributed by atoms with Gasteiger partial charge in [-0.15, -0.1) is 0 Å². The first-order valence-corrected chi connectivity index (χ1v) is 5.13. The predicted molar refractivity (Wildman–Crippen MR) is 57.0 cm³/mol. The van der Waals surface area contributed by atoms with Crippen molar-refractivity contribution in [3.05, 3.63) is 12.2 Å². The Kier molecular flexibility index (Phi) is 5.23. The highest BCUT2D eigenvalue weighted by molar-refractivity contribution is 4.89. The molecule has 0 aliphatic heterocycles.